The number of anilines is 2. The molecule has 0 saturated heterocycles. The molecule has 0 spiro atoms. The smallest absolute Gasteiger partial charge is 0.254 e. The number of fused-ring (bicyclic) bond motifs is 2. The van der Waals surface area contributed by atoms with Gasteiger partial charge in [-0.2, -0.15) is 5.26 Å². The highest BCUT2D eigenvalue weighted by Gasteiger charge is 2.33. The summed E-state index contributed by atoms with van der Waals surface area (Å²) in [6.07, 6.45) is 1.94. The van der Waals surface area contributed by atoms with Crippen LogP contribution in [0.25, 0.3) is 21.2 Å². The molecule has 0 saturated carbocycles. The normalized spacial score (nSPS) is 14.1. The Bertz CT molecular complexity index is 1580. The zero-order valence-corrected chi connectivity index (χ0v) is 20.0. The lowest BCUT2D eigenvalue weighted by Crippen LogP contribution is -2.40. The average molecular weight is 510 g/mol. The fourth-order valence-electron chi connectivity index (χ4n) is 4.66. The molecule has 2 aromatic carbocycles. The van der Waals surface area contributed by atoms with E-state index in [1.165, 1.54) is 12.1 Å². The van der Waals surface area contributed by atoms with Gasteiger partial charge < -0.3 is 16.4 Å². The summed E-state index contributed by atoms with van der Waals surface area (Å²) in [5.41, 5.74) is 13.6. The molecule has 1 unspecified atom stereocenters. The van der Waals surface area contributed by atoms with Gasteiger partial charge >= 0.3 is 0 Å². The van der Waals surface area contributed by atoms with E-state index in [0.29, 0.717) is 29.9 Å². The monoisotopic (exact) mass is 509 g/mol. The molecular weight excluding hydrogens is 492 g/mol. The average Bonchev–Trinajstić information content (AvgIpc) is 3.18. The third-order valence-corrected chi connectivity index (χ3v) is 7.85. The molecule has 0 radical (unpaired) electrons. The number of nitrogens with two attached hydrogens (primary N) is 2. The van der Waals surface area contributed by atoms with Crippen LogP contribution in [0, 0.1) is 23.0 Å². The Labute approximate surface area is 208 Å². The third kappa shape index (κ3) is 3.49. The quantitative estimate of drug-likeness (QED) is 0.368. The number of nitriles is 1. The fraction of sp³-hybridized carbons (Fsp3) is 0.160. The predicted octanol–water partition coefficient (Wildman–Crippen LogP) is 5.69. The van der Waals surface area contributed by atoms with Gasteiger partial charge in [0.2, 0.25) is 0 Å². The van der Waals surface area contributed by atoms with Crippen molar-refractivity contribution in [3.8, 4) is 17.2 Å². The van der Waals surface area contributed by atoms with E-state index in [9.17, 15) is 14.4 Å². The van der Waals surface area contributed by atoms with Crippen molar-refractivity contribution in [3.63, 3.8) is 0 Å². The Hall–Kier alpha value is -3.74. The highest BCUT2D eigenvalue weighted by atomic mass is 35.5. The first kappa shape index (κ1) is 23.0. The highest BCUT2D eigenvalue weighted by Crippen LogP contribution is 2.45. The van der Waals surface area contributed by atoms with Gasteiger partial charge in [0.05, 0.1) is 21.3 Å². The van der Waals surface area contributed by atoms with E-state index in [0.717, 1.165) is 17.4 Å². The number of nitrogen functional groups attached to an aromatic ring is 2. The number of carbonyl (C=O) groups is 1. The molecule has 10 heteroatoms. The Morgan fingerprint density at radius 3 is 2.71 bits per heavy atom. The molecule has 35 heavy (non-hydrogen) atoms. The molecule has 2 aromatic heterocycles. The molecule has 5 rings (SSSR count). The maximum Gasteiger partial charge on any atom is 0.254 e. The van der Waals surface area contributed by atoms with E-state index in [-0.39, 0.29) is 54.3 Å². The molecular formula is C25H18ClF2N5OS. The van der Waals surface area contributed by atoms with E-state index in [1.807, 2.05) is 13.0 Å². The van der Waals surface area contributed by atoms with Gasteiger partial charge in [-0.05, 0) is 42.7 Å². The van der Waals surface area contributed by atoms with Gasteiger partial charge in [-0.1, -0.05) is 23.7 Å². The van der Waals surface area contributed by atoms with Crippen LogP contribution in [-0.4, -0.2) is 22.3 Å². The second kappa shape index (κ2) is 8.48. The van der Waals surface area contributed by atoms with Gasteiger partial charge in [0, 0.05) is 34.8 Å². The number of hydrogen-bond donors (Lipinski definition) is 2. The molecule has 4 N–H and O–H groups in total. The van der Waals surface area contributed by atoms with Gasteiger partial charge in [0.15, 0.2) is 0 Å². The minimum Gasteiger partial charge on any atom is -0.389 e. The summed E-state index contributed by atoms with van der Waals surface area (Å²) in [7, 11) is 0. The van der Waals surface area contributed by atoms with Gasteiger partial charge in [-0.3, -0.25) is 4.79 Å². The first-order chi connectivity index (χ1) is 16.7. The minimum absolute atomic E-state index is 0.00974. The Kier molecular flexibility index (Phi) is 5.58. The van der Waals surface area contributed by atoms with Crippen LogP contribution in [0.1, 0.15) is 40.0 Å². The van der Waals surface area contributed by atoms with E-state index >= 15 is 4.39 Å². The lowest BCUT2D eigenvalue weighted by molar-refractivity contribution is 0.0672. The van der Waals surface area contributed by atoms with Crippen LogP contribution >= 0.6 is 22.9 Å². The van der Waals surface area contributed by atoms with E-state index in [4.69, 9.17) is 23.1 Å². The standard InChI is InChI=1S/C25H18ClF2N5OS/c1-11(12-3-2-7-32-23(12)30)33-8-6-13-15(25(33)34)9-18(28)20(21(13)26)14-4-5-17(27)22-19(14)16(10-29)24(31)35-22/h2-5,7,9,11H,6,8,31H2,1H3,(H2,30,32). The number of pyridine rings is 1. The largest absolute Gasteiger partial charge is 0.389 e. The number of amides is 1. The predicted molar refractivity (Wildman–Crippen MR) is 133 cm³/mol. The van der Waals surface area contributed by atoms with Crippen LogP contribution in [0.4, 0.5) is 19.6 Å². The van der Waals surface area contributed by atoms with E-state index in [2.05, 4.69) is 4.98 Å². The van der Waals surface area contributed by atoms with Crippen molar-refractivity contribution in [1.29, 1.82) is 5.26 Å². The van der Waals surface area contributed by atoms with E-state index in [1.54, 1.807) is 23.2 Å². The van der Waals surface area contributed by atoms with Crippen LogP contribution < -0.4 is 11.5 Å². The molecule has 176 valence electrons. The lowest BCUT2D eigenvalue weighted by Gasteiger charge is -2.35. The van der Waals surface area contributed by atoms with Gasteiger partial charge in [0.25, 0.3) is 5.91 Å². The summed E-state index contributed by atoms with van der Waals surface area (Å²) in [6.45, 7) is 2.17. The maximum atomic E-state index is 15.6. The molecule has 0 bridgehead atoms. The molecule has 3 heterocycles. The first-order valence-electron chi connectivity index (χ1n) is 10.7. The fourth-order valence-corrected chi connectivity index (χ4v) is 6.00. The maximum absolute atomic E-state index is 15.6. The zero-order chi connectivity index (χ0) is 25.0. The van der Waals surface area contributed by atoms with Gasteiger partial charge in [-0.25, -0.2) is 13.8 Å². The van der Waals surface area contributed by atoms with E-state index < -0.39 is 11.6 Å². The Morgan fingerprint density at radius 1 is 1.23 bits per heavy atom. The summed E-state index contributed by atoms with van der Waals surface area (Å²) in [4.78, 5) is 19.1. The lowest BCUT2D eigenvalue weighted by atomic mass is 9.90. The zero-order valence-electron chi connectivity index (χ0n) is 18.4. The molecule has 0 aliphatic carbocycles. The van der Waals surface area contributed by atoms with Gasteiger partial charge in [0.1, 0.15) is 28.5 Å². The number of thiophene rings is 1. The molecule has 1 aliphatic heterocycles. The summed E-state index contributed by atoms with van der Waals surface area (Å²) in [5, 5.41) is 10.00. The second-order valence-electron chi connectivity index (χ2n) is 8.23. The van der Waals surface area contributed by atoms with Gasteiger partial charge in [-0.15, -0.1) is 11.3 Å². The van der Waals surface area contributed by atoms with Crippen LogP contribution in [-0.2, 0) is 6.42 Å². The number of nitrogens with zero attached hydrogens (tertiary/aromatic N) is 3. The van der Waals surface area contributed by atoms with Crippen molar-refractivity contribution in [1.82, 2.24) is 9.88 Å². The molecule has 1 aliphatic rings. The van der Waals surface area contributed by atoms with Crippen LogP contribution in [0.5, 0.6) is 0 Å². The summed E-state index contributed by atoms with van der Waals surface area (Å²) in [5.74, 6) is -1.37. The number of halogens is 3. The third-order valence-electron chi connectivity index (χ3n) is 6.40. The van der Waals surface area contributed by atoms with Crippen molar-refractivity contribution in [2.45, 2.75) is 19.4 Å². The Balaban J connectivity index is 1.64. The second-order valence-corrected chi connectivity index (χ2v) is 9.66. The molecule has 0 fully saturated rings. The highest BCUT2D eigenvalue weighted by molar-refractivity contribution is 7.23. The summed E-state index contributed by atoms with van der Waals surface area (Å²) < 4.78 is 30.2. The number of rotatable bonds is 3. The summed E-state index contributed by atoms with van der Waals surface area (Å²) in [6, 6.07) is 8.86. The van der Waals surface area contributed by atoms with Crippen molar-refractivity contribution in [2.75, 3.05) is 18.0 Å². The SMILES string of the molecule is CC(c1cccnc1N)N1CCc2c(cc(F)c(-c3ccc(F)c4sc(N)c(C#N)c34)c2Cl)C1=O. The van der Waals surface area contributed by atoms with Crippen molar-refractivity contribution in [2.24, 2.45) is 0 Å². The topological polar surface area (TPSA) is 109 Å². The van der Waals surface area contributed by atoms with Crippen molar-refractivity contribution < 1.29 is 13.6 Å². The summed E-state index contributed by atoms with van der Waals surface area (Å²) >= 11 is 7.62. The number of carbonyl (C=O) groups excluding carboxylic acids is 1. The number of hydrogen-bond acceptors (Lipinski definition) is 6. The molecule has 6 nitrogen and oxygen atoms in total. The minimum atomic E-state index is -0.751. The molecule has 1 amide bonds. The number of benzene rings is 2. The van der Waals surface area contributed by atoms with Crippen molar-refractivity contribution in [3.05, 3.63) is 75.4 Å². The van der Waals surface area contributed by atoms with Crippen LogP contribution in [0.15, 0.2) is 36.5 Å². The molecule has 4 aromatic rings. The van der Waals surface area contributed by atoms with Crippen molar-refractivity contribution >= 4 is 49.7 Å². The van der Waals surface area contributed by atoms with Crippen LogP contribution in [0.2, 0.25) is 5.02 Å². The molecule has 1 atom stereocenters. The number of aromatic nitrogens is 1. The van der Waals surface area contributed by atoms with Crippen LogP contribution in [0.3, 0.4) is 0 Å². The first-order valence-corrected chi connectivity index (χ1v) is 11.9. The Morgan fingerprint density at radius 2 is 2.00 bits per heavy atom.